The van der Waals surface area contributed by atoms with Crippen molar-refractivity contribution in [3.05, 3.63) is 0 Å². The monoisotopic (exact) mass is 157 g/mol. The molecule has 0 aromatic carbocycles. The van der Waals surface area contributed by atoms with E-state index in [-0.39, 0.29) is 11.4 Å². The summed E-state index contributed by atoms with van der Waals surface area (Å²) in [4.78, 5) is 1.78. The van der Waals surface area contributed by atoms with E-state index in [4.69, 9.17) is 11.1 Å². The van der Waals surface area contributed by atoms with E-state index >= 15 is 0 Å². The molecule has 0 amide bonds. The zero-order valence-corrected chi connectivity index (χ0v) is 8.10. The molecule has 0 spiro atoms. The molecule has 0 heterocycles. The average Bonchev–Trinajstić information content (AvgIpc) is 1.82. The number of hydrogen-bond donors (Lipinski definition) is 2. The van der Waals surface area contributed by atoms with Gasteiger partial charge in [0.1, 0.15) is 0 Å². The van der Waals surface area contributed by atoms with Gasteiger partial charge >= 0.3 is 0 Å². The summed E-state index contributed by atoms with van der Waals surface area (Å²) in [7, 11) is 1.85. The molecule has 1 unspecified atom stereocenters. The summed E-state index contributed by atoms with van der Waals surface area (Å²) >= 11 is 0. The Morgan fingerprint density at radius 3 is 1.91 bits per heavy atom. The molecule has 1 atom stereocenters. The minimum atomic E-state index is 0.132. The zero-order chi connectivity index (χ0) is 9.23. The van der Waals surface area contributed by atoms with E-state index in [0.717, 1.165) is 0 Å². The third-order valence-electron chi connectivity index (χ3n) is 2.21. The molecule has 0 saturated carbocycles. The first-order valence-electron chi connectivity index (χ1n) is 3.83. The summed E-state index contributed by atoms with van der Waals surface area (Å²) in [6.07, 6.45) is 0. The van der Waals surface area contributed by atoms with Gasteiger partial charge in [0.05, 0.1) is 0 Å². The lowest BCUT2D eigenvalue weighted by atomic mass is 9.87. The molecule has 0 rings (SSSR count). The summed E-state index contributed by atoms with van der Waals surface area (Å²) in [6.45, 7) is 8.48. The van der Waals surface area contributed by atoms with Gasteiger partial charge in [-0.1, -0.05) is 20.8 Å². The van der Waals surface area contributed by atoms with Gasteiger partial charge in [-0.3, -0.25) is 5.41 Å². The minimum Gasteiger partial charge on any atom is -0.370 e. The Bertz CT molecular complexity index is 146. The lowest BCUT2D eigenvalue weighted by Gasteiger charge is -2.35. The number of rotatable bonds is 1. The molecular formula is C8H19N3. The first-order chi connectivity index (χ1) is 4.76. The molecule has 3 N–H and O–H groups in total. The first kappa shape index (κ1) is 10.3. The largest absolute Gasteiger partial charge is 0.370 e. The fourth-order valence-electron chi connectivity index (χ4n) is 0.790. The molecule has 11 heavy (non-hydrogen) atoms. The maximum absolute atomic E-state index is 7.21. The number of nitrogens with one attached hydrogen (secondary N) is 1. The Morgan fingerprint density at radius 2 is 1.82 bits per heavy atom. The quantitative estimate of drug-likeness (QED) is 0.444. The predicted molar refractivity (Wildman–Crippen MR) is 48.6 cm³/mol. The van der Waals surface area contributed by atoms with Gasteiger partial charge in [0.15, 0.2) is 5.96 Å². The van der Waals surface area contributed by atoms with Crippen molar-refractivity contribution in [1.29, 1.82) is 5.41 Å². The molecule has 0 aliphatic heterocycles. The van der Waals surface area contributed by atoms with Crippen molar-refractivity contribution in [2.45, 2.75) is 33.7 Å². The molecule has 66 valence electrons. The molecule has 0 aromatic heterocycles. The molecule has 0 bridgehead atoms. The molecule has 0 aliphatic rings. The van der Waals surface area contributed by atoms with E-state index in [1.165, 1.54) is 0 Å². The van der Waals surface area contributed by atoms with Crippen LogP contribution >= 0.6 is 0 Å². The molecular weight excluding hydrogens is 138 g/mol. The summed E-state index contributed by atoms with van der Waals surface area (Å²) in [6, 6.07) is 0.292. The highest BCUT2D eigenvalue weighted by Gasteiger charge is 2.24. The Hall–Kier alpha value is -0.730. The van der Waals surface area contributed by atoms with Crippen LogP contribution in [-0.4, -0.2) is 23.9 Å². The summed E-state index contributed by atoms with van der Waals surface area (Å²) in [5.41, 5.74) is 5.51. The third kappa shape index (κ3) is 2.78. The van der Waals surface area contributed by atoms with Gasteiger partial charge in [0, 0.05) is 13.1 Å². The van der Waals surface area contributed by atoms with Crippen LogP contribution in [0.15, 0.2) is 0 Å². The van der Waals surface area contributed by atoms with Gasteiger partial charge in [-0.25, -0.2) is 0 Å². The van der Waals surface area contributed by atoms with Gasteiger partial charge in [0.25, 0.3) is 0 Å². The normalized spacial score (nSPS) is 14.3. The molecule has 3 nitrogen and oxygen atoms in total. The number of nitrogens with two attached hydrogens (primary N) is 1. The van der Waals surface area contributed by atoms with Gasteiger partial charge < -0.3 is 10.6 Å². The van der Waals surface area contributed by atoms with Crippen LogP contribution in [0.5, 0.6) is 0 Å². The van der Waals surface area contributed by atoms with E-state index in [1.807, 2.05) is 7.05 Å². The number of nitrogens with zero attached hydrogens (tertiary/aromatic N) is 1. The second-order valence-corrected chi connectivity index (χ2v) is 4.04. The maximum Gasteiger partial charge on any atom is 0.188 e. The zero-order valence-electron chi connectivity index (χ0n) is 8.10. The van der Waals surface area contributed by atoms with Crippen LogP contribution in [0.1, 0.15) is 27.7 Å². The molecule has 0 aromatic rings. The SMILES string of the molecule is CC(N(C)C(=N)N)C(C)(C)C. The topological polar surface area (TPSA) is 53.1 Å². The van der Waals surface area contributed by atoms with Crippen molar-refractivity contribution in [2.24, 2.45) is 11.1 Å². The van der Waals surface area contributed by atoms with Crippen LogP contribution in [0.4, 0.5) is 0 Å². The molecule has 3 heteroatoms. The number of guanidine groups is 1. The van der Waals surface area contributed by atoms with Crippen LogP contribution in [0.3, 0.4) is 0 Å². The van der Waals surface area contributed by atoms with Gasteiger partial charge in [-0.05, 0) is 12.3 Å². The average molecular weight is 157 g/mol. The third-order valence-corrected chi connectivity index (χ3v) is 2.21. The summed E-state index contributed by atoms with van der Waals surface area (Å²) in [5.74, 6) is 0.132. The molecule has 0 fully saturated rings. The van der Waals surface area contributed by atoms with Crippen molar-refractivity contribution < 1.29 is 0 Å². The minimum absolute atomic E-state index is 0.132. The van der Waals surface area contributed by atoms with Crippen molar-refractivity contribution in [3.8, 4) is 0 Å². The molecule has 0 aliphatic carbocycles. The van der Waals surface area contributed by atoms with E-state index in [1.54, 1.807) is 4.90 Å². The van der Waals surface area contributed by atoms with Crippen LogP contribution in [0, 0.1) is 10.8 Å². The number of hydrogen-bond acceptors (Lipinski definition) is 1. The van der Waals surface area contributed by atoms with Gasteiger partial charge in [-0.2, -0.15) is 0 Å². The molecule has 0 saturated heterocycles. The predicted octanol–water partition coefficient (Wildman–Crippen LogP) is 1.25. The lowest BCUT2D eigenvalue weighted by Crippen LogP contribution is -2.45. The highest BCUT2D eigenvalue weighted by molar-refractivity contribution is 5.74. The first-order valence-corrected chi connectivity index (χ1v) is 3.83. The Kier molecular flexibility index (Phi) is 2.91. The van der Waals surface area contributed by atoms with Crippen molar-refractivity contribution in [2.75, 3.05) is 7.05 Å². The van der Waals surface area contributed by atoms with Crippen molar-refractivity contribution >= 4 is 5.96 Å². The smallest absolute Gasteiger partial charge is 0.188 e. The van der Waals surface area contributed by atoms with Crippen LogP contribution in [0.25, 0.3) is 0 Å². The second-order valence-electron chi connectivity index (χ2n) is 4.04. The van der Waals surface area contributed by atoms with Crippen molar-refractivity contribution in [1.82, 2.24) is 4.90 Å². The van der Waals surface area contributed by atoms with Crippen LogP contribution in [-0.2, 0) is 0 Å². The lowest BCUT2D eigenvalue weighted by molar-refractivity contribution is 0.206. The summed E-state index contributed by atoms with van der Waals surface area (Å²) < 4.78 is 0. The standard InChI is InChI=1S/C8H19N3/c1-6(8(2,3)4)11(5)7(9)10/h6H,1-5H3,(H3,9,10). The van der Waals surface area contributed by atoms with Crippen molar-refractivity contribution in [3.63, 3.8) is 0 Å². The highest BCUT2D eigenvalue weighted by Crippen LogP contribution is 2.22. The second kappa shape index (κ2) is 3.11. The van der Waals surface area contributed by atoms with E-state index in [9.17, 15) is 0 Å². The highest BCUT2D eigenvalue weighted by atomic mass is 15.2. The van der Waals surface area contributed by atoms with Crippen LogP contribution < -0.4 is 5.73 Å². The van der Waals surface area contributed by atoms with E-state index < -0.39 is 0 Å². The molecule has 0 radical (unpaired) electrons. The van der Waals surface area contributed by atoms with E-state index in [0.29, 0.717) is 6.04 Å². The maximum atomic E-state index is 7.21. The Labute approximate surface area is 69.1 Å². The van der Waals surface area contributed by atoms with Gasteiger partial charge in [-0.15, -0.1) is 0 Å². The fourth-order valence-corrected chi connectivity index (χ4v) is 0.790. The van der Waals surface area contributed by atoms with Gasteiger partial charge in [0.2, 0.25) is 0 Å². The van der Waals surface area contributed by atoms with E-state index in [2.05, 4.69) is 27.7 Å². The Balaban J connectivity index is 4.25. The van der Waals surface area contributed by atoms with Crippen LogP contribution in [0.2, 0.25) is 0 Å². The summed E-state index contributed by atoms with van der Waals surface area (Å²) in [5, 5.41) is 7.21. The fraction of sp³-hybridized carbons (Fsp3) is 0.875. The Morgan fingerprint density at radius 1 is 1.45 bits per heavy atom.